The third-order valence-electron chi connectivity index (χ3n) is 2.14. The Morgan fingerprint density at radius 3 is 2.31 bits per heavy atom. The van der Waals surface area contributed by atoms with E-state index in [2.05, 4.69) is 4.98 Å². The Hall–Kier alpha value is -2.27. The summed E-state index contributed by atoms with van der Waals surface area (Å²) in [6.45, 7) is 3.81. The predicted molar refractivity (Wildman–Crippen MR) is 56.7 cm³/mol. The molecule has 5 nitrogen and oxygen atoms in total. The van der Waals surface area contributed by atoms with Crippen LogP contribution in [0.25, 0.3) is 0 Å². The molecule has 1 rings (SSSR count). The number of nitrogens with one attached hydrogen (secondary N) is 1. The fourth-order valence-electron chi connectivity index (χ4n) is 1.49. The first-order valence-corrected chi connectivity index (χ1v) is 4.79. The van der Waals surface area contributed by atoms with Gasteiger partial charge in [0.25, 0.3) is 5.56 Å². The van der Waals surface area contributed by atoms with E-state index < -0.39 is 11.4 Å². The van der Waals surface area contributed by atoms with E-state index >= 15 is 0 Å². The van der Waals surface area contributed by atoms with Crippen LogP contribution in [0.1, 0.15) is 30.5 Å². The Morgan fingerprint density at radius 1 is 1.31 bits per heavy atom. The first kappa shape index (κ1) is 11.8. The minimum atomic E-state index is -0.658. The summed E-state index contributed by atoms with van der Waals surface area (Å²) >= 11 is 0. The number of hydrogen-bond donors (Lipinski definition) is 2. The molecule has 1 aromatic rings. The number of pyridine rings is 1. The highest BCUT2D eigenvalue weighted by Gasteiger charge is 2.17. The molecule has 5 heteroatoms. The minimum absolute atomic E-state index is 0.0233. The summed E-state index contributed by atoms with van der Waals surface area (Å²) in [6, 6.07) is 3.57. The summed E-state index contributed by atoms with van der Waals surface area (Å²) in [5, 5.41) is 27.2. The molecule has 0 radical (unpaired) electrons. The van der Waals surface area contributed by atoms with Gasteiger partial charge in [-0.2, -0.15) is 10.5 Å². The van der Waals surface area contributed by atoms with Crippen molar-refractivity contribution in [3.05, 3.63) is 27.0 Å². The van der Waals surface area contributed by atoms with Crippen molar-refractivity contribution >= 4 is 0 Å². The summed E-state index contributed by atoms with van der Waals surface area (Å²) in [7, 11) is 0. The quantitative estimate of drug-likeness (QED) is 0.772. The van der Waals surface area contributed by atoms with Gasteiger partial charge in [-0.3, -0.25) is 9.78 Å². The first-order valence-electron chi connectivity index (χ1n) is 4.79. The molecule has 0 aliphatic heterocycles. The maximum atomic E-state index is 11.4. The Balaban J connectivity index is 3.59. The van der Waals surface area contributed by atoms with Crippen molar-refractivity contribution in [2.75, 3.05) is 0 Å². The molecule has 0 spiro atoms. The van der Waals surface area contributed by atoms with Crippen LogP contribution in [0.2, 0.25) is 0 Å². The summed E-state index contributed by atoms with van der Waals surface area (Å²) in [4.78, 5) is 13.5. The van der Waals surface area contributed by atoms with Gasteiger partial charge in [-0.15, -0.1) is 0 Å². The van der Waals surface area contributed by atoms with Crippen molar-refractivity contribution in [2.24, 2.45) is 5.92 Å². The van der Waals surface area contributed by atoms with Gasteiger partial charge in [0.1, 0.15) is 23.3 Å². The van der Waals surface area contributed by atoms with E-state index in [4.69, 9.17) is 10.5 Å². The van der Waals surface area contributed by atoms with Crippen LogP contribution in [0.5, 0.6) is 5.88 Å². The number of H-pyrrole nitrogens is 1. The molecule has 16 heavy (non-hydrogen) atoms. The lowest BCUT2D eigenvalue weighted by Gasteiger charge is -2.09. The van der Waals surface area contributed by atoms with E-state index in [0.29, 0.717) is 12.0 Å². The molecule has 0 aliphatic carbocycles. The maximum absolute atomic E-state index is 11.4. The van der Waals surface area contributed by atoms with Gasteiger partial charge in [-0.05, 0) is 17.9 Å². The Labute approximate surface area is 92.6 Å². The lowest BCUT2D eigenvalue weighted by molar-refractivity contribution is 0.448. The highest BCUT2D eigenvalue weighted by atomic mass is 16.3. The van der Waals surface area contributed by atoms with Crippen LogP contribution in [0, 0.1) is 28.6 Å². The summed E-state index contributed by atoms with van der Waals surface area (Å²) in [6.07, 6.45) is 0.406. The van der Waals surface area contributed by atoms with Gasteiger partial charge in [0, 0.05) is 0 Å². The van der Waals surface area contributed by atoms with Gasteiger partial charge in [0.05, 0.1) is 0 Å². The highest BCUT2D eigenvalue weighted by molar-refractivity contribution is 5.51. The molecule has 0 amide bonds. The number of hydrogen-bond acceptors (Lipinski definition) is 4. The molecule has 0 atom stereocenters. The van der Waals surface area contributed by atoms with Gasteiger partial charge in [0.2, 0.25) is 5.88 Å². The van der Waals surface area contributed by atoms with Crippen LogP contribution in [-0.2, 0) is 6.42 Å². The number of aromatic nitrogens is 1. The van der Waals surface area contributed by atoms with Crippen molar-refractivity contribution in [1.29, 1.82) is 10.5 Å². The number of rotatable bonds is 2. The number of aromatic hydroxyl groups is 1. The second-order valence-electron chi connectivity index (χ2n) is 3.85. The van der Waals surface area contributed by atoms with E-state index in [0.717, 1.165) is 0 Å². The number of aromatic amines is 1. The van der Waals surface area contributed by atoms with Crippen molar-refractivity contribution < 1.29 is 5.11 Å². The molecule has 2 N–H and O–H groups in total. The second-order valence-corrected chi connectivity index (χ2v) is 3.85. The van der Waals surface area contributed by atoms with Crippen LogP contribution in [0.15, 0.2) is 4.79 Å². The molecular weight excluding hydrogens is 206 g/mol. The predicted octanol–water partition coefficient (Wildman–Crippen LogP) is 1.02. The van der Waals surface area contributed by atoms with Crippen LogP contribution in [0.4, 0.5) is 0 Å². The molecule has 0 unspecified atom stereocenters. The average molecular weight is 217 g/mol. The first-order chi connectivity index (χ1) is 7.51. The van der Waals surface area contributed by atoms with E-state index in [9.17, 15) is 9.90 Å². The van der Waals surface area contributed by atoms with E-state index in [1.54, 1.807) is 12.1 Å². The third kappa shape index (κ3) is 2.04. The van der Waals surface area contributed by atoms with Crippen LogP contribution < -0.4 is 5.56 Å². The maximum Gasteiger partial charge on any atom is 0.268 e. The van der Waals surface area contributed by atoms with Gasteiger partial charge >= 0.3 is 0 Å². The molecule has 0 aromatic carbocycles. The molecule has 0 bridgehead atoms. The van der Waals surface area contributed by atoms with E-state index in [1.165, 1.54) is 0 Å². The van der Waals surface area contributed by atoms with Crippen molar-refractivity contribution in [3.8, 4) is 18.0 Å². The third-order valence-corrected chi connectivity index (χ3v) is 2.14. The topological polar surface area (TPSA) is 101 Å². The number of nitrogens with zero attached hydrogens (tertiary/aromatic N) is 2. The molecule has 0 aliphatic rings. The molecule has 82 valence electrons. The SMILES string of the molecule is CC(C)Cc1c(C#N)c(O)[nH]c(=O)c1C#N. The second kappa shape index (κ2) is 4.50. The van der Waals surface area contributed by atoms with Crippen LogP contribution in [0.3, 0.4) is 0 Å². The normalized spacial score (nSPS) is 9.81. The zero-order valence-electron chi connectivity index (χ0n) is 9.03. The van der Waals surface area contributed by atoms with E-state index in [-0.39, 0.29) is 17.0 Å². The van der Waals surface area contributed by atoms with Crippen molar-refractivity contribution in [3.63, 3.8) is 0 Å². The van der Waals surface area contributed by atoms with Crippen molar-refractivity contribution in [2.45, 2.75) is 20.3 Å². The Kier molecular flexibility index (Phi) is 3.32. The van der Waals surface area contributed by atoms with Crippen LogP contribution >= 0.6 is 0 Å². The zero-order valence-corrected chi connectivity index (χ0v) is 9.03. The van der Waals surface area contributed by atoms with Crippen LogP contribution in [-0.4, -0.2) is 10.1 Å². The summed E-state index contributed by atoms with van der Waals surface area (Å²) in [5.74, 6) is -0.289. The fraction of sp³-hybridized carbons (Fsp3) is 0.364. The van der Waals surface area contributed by atoms with Crippen molar-refractivity contribution in [1.82, 2.24) is 4.98 Å². The van der Waals surface area contributed by atoms with Gasteiger partial charge in [0.15, 0.2) is 0 Å². The van der Waals surface area contributed by atoms with Gasteiger partial charge in [-0.1, -0.05) is 13.8 Å². The summed E-state index contributed by atoms with van der Waals surface area (Å²) in [5.41, 5.74) is -0.455. The minimum Gasteiger partial charge on any atom is -0.494 e. The average Bonchev–Trinajstić information content (AvgIpc) is 2.17. The Bertz CT molecular complexity index is 544. The Morgan fingerprint density at radius 2 is 1.88 bits per heavy atom. The van der Waals surface area contributed by atoms with Gasteiger partial charge < -0.3 is 5.11 Å². The molecule has 0 saturated heterocycles. The zero-order chi connectivity index (χ0) is 12.3. The van der Waals surface area contributed by atoms with Gasteiger partial charge in [-0.25, -0.2) is 0 Å². The molecular formula is C11H11N3O2. The lowest BCUT2D eigenvalue weighted by Crippen LogP contribution is -2.16. The lowest BCUT2D eigenvalue weighted by atomic mass is 9.96. The largest absolute Gasteiger partial charge is 0.494 e. The molecule has 0 saturated carbocycles. The summed E-state index contributed by atoms with van der Waals surface area (Å²) < 4.78 is 0. The number of nitriles is 2. The molecule has 0 fully saturated rings. The van der Waals surface area contributed by atoms with E-state index in [1.807, 2.05) is 13.8 Å². The monoisotopic (exact) mass is 217 g/mol. The molecule has 1 heterocycles. The standard InChI is InChI=1S/C11H11N3O2/c1-6(2)3-7-8(4-12)10(15)14-11(16)9(7)5-13/h6H,3H2,1-2H3,(H2,14,15,16). The fourth-order valence-corrected chi connectivity index (χ4v) is 1.49. The molecule has 1 aromatic heterocycles. The highest BCUT2D eigenvalue weighted by Crippen LogP contribution is 2.21. The smallest absolute Gasteiger partial charge is 0.268 e.